The van der Waals surface area contributed by atoms with Crippen LogP contribution in [0.5, 0.6) is 11.5 Å². The standard InChI is InChI=1S/C50H60N6O7S/c1-32(2)39-7-4-5-8-41(39)42-10-6-9-40(42)35-28-50(29-35)20-23-55(24-21-50)36-11-13-43(46(26-36)63-37-25-34-17-22-51-47(34)53-31-37)48(57)54-64(61,62)38-12-14-44(45(27-38)56(59)60)52-30-33-15-18-49(3,58)19-16-33/h4-5,7-8,11-14,17,22,25-27,31-33,35,40,42,52,58H,6,9-10,15-16,18-21,23-24,28-30H2,1-3H3,(H,51,53)(H,54,57)/t33-,40?,42-,49-/m0/s1. The number of rotatable bonds is 13. The third-order valence-electron chi connectivity index (χ3n) is 15.1. The zero-order valence-electron chi connectivity index (χ0n) is 37.0. The van der Waals surface area contributed by atoms with Gasteiger partial charge in [0.2, 0.25) is 0 Å². The van der Waals surface area contributed by atoms with E-state index < -0.39 is 37.0 Å². The number of nitrogens with one attached hydrogen (secondary N) is 3. The van der Waals surface area contributed by atoms with Crippen LogP contribution in [-0.4, -0.2) is 59.6 Å². The first kappa shape index (κ1) is 43.8. The highest BCUT2D eigenvalue weighted by atomic mass is 32.2. The number of nitrogens with zero attached hydrogens (tertiary/aromatic N) is 3. The minimum Gasteiger partial charge on any atom is -0.455 e. The third-order valence-corrected chi connectivity index (χ3v) is 16.4. The van der Waals surface area contributed by atoms with Crippen molar-refractivity contribution in [1.82, 2.24) is 14.7 Å². The summed E-state index contributed by atoms with van der Waals surface area (Å²) in [5.41, 5.74) is 4.01. The normalized spacial score (nSPS) is 23.6. The number of pyridine rings is 1. The van der Waals surface area contributed by atoms with Gasteiger partial charge in [0.05, 0.1) is 27.2 Å². The zero-order chi connectivity index (χ0) is 44.8. The molecule has 0 radical (unpaired) electrons. The van der Waals surface area contributed by atoms with E-state index >= 15 is 0 Å². The molecule has 1 amide bonds. The van der Waals surface area contributed by atoms with Crippen molar-refractivity contribution in [2.24, 2.45) is 23.2 Å². The van der Waals surface area contributed by atoms with Crippen LogP contribution in [0.3, 0.4) is 0 Å². The molecule has 9 rings (SSSR count). The Labute approximate surface area is 375 Å². The molecule has 2 atom stereocenters. The maximum atomic E-state index is 14.0. The number of sulfonamides is 1. The van der Waals surface area contributed by atoms with Crippen LogP contribution in [0, 0.1) is 33.3 Å². The Hall–Kier alpha value is -5.47. The first-order valence-electron chi connectivity index (χ1n) is 23.1. The quantitative estimate of drug-likeness (QED) is 0.0656. The van der Waals surface area contributed by atoms with Gasteiger partial charge in [0.1, 0.15) is 22.8 Å². The summed E-state index contributed by atoms with van der Waals surface area (Å²) >= 11 is 0. The van der Waals surface area contributed by atoms with E-state index in [0.29, 0.717) is 48.0 Å². The van der Waals surface area contributed by atoms with Crippen LogP contribution < -0.4 is 19.7 Å². The molecule has 3 aliphatic carbocycles. The highest BCUT2D eigenvalue weighted by Gasteiger charge is 2.50. The zero-order valence-corrected chi connectivity index (χ0v) is 37.8. The second-order valence-electron chi connectivity index (χ2n) is 19.7. The smallest absolute Gasteiger partial charge is 0.293 e. The van der Waals surface area contributed by atoms with Crippen molar-refractivity contribution in [3.8, 4) is 11.5 Å². The van der Waals surface area contributed by atoms with Crippen LogP contribution in [0.4, 0.5) is 17.1 Å². The molecule has 1 saturated heterocycles. The fourth-order valence-electron chi connectivity index (χ4n) is 11.4. The number of piperidine rings is 1. The van der Waals surface area contributed by atoms with Gasteiger partial charge in [-0.3, -0.25) is 14.9 Å². The minimum absolute atomic E-state index is 0.0128. The van der Waals surface area contributed by atoms with Crippen LogP contribution in [0.15, 0.2) is 90.1 Å². The summed E-state index contributed by atoms with van der Waals surface area (Å²) in [6, 6.07) is 21.5. The lowest BCUT2D eigenvalue weighted by atomic mass is 9.53. The van der Waals surface area contributed by atoms with Gasteiger partial charge in [0, 0.05) is 49.0 Å². The fraction of sp³-hybridized carbons (Fsp3) is 0.480. The summed E-state index contributed by atoms with van der Waals surface area (Å²) in [6.07, 6.45) is 14.8. The number of hydrogen-bond donors (Lipinski definition) is 4. The molecule has 4 fully saturated rings. The van der Waals surface area contributed by atoms with E-state index in [4.69, 9.17) is 4.74 Å². The number of carbonyl (C=O) groups excluding carboxylic acids is 1. The predicted molar refractivity (Wildman–Crippen MR) is 249 cm³/mol. The second-order valence-corrected chi connectivity index (χ2v) is 21.4. The first-order valence-corrected chi connectivity index (χ1v) is 24.5. The summed E-state index contributed by atoms with van der Waals surface area (Å²) < 4.78 is 36.0. The first-order chi connectivity index (χ1) is 30.7. The fourth-order valence-corrected chi connectivity index (χ4v) is 12.4. The minimum atomic E-state index is -4.56. The van der Waals surface area contributed by atoms with Crippen LogP contribution in [0.2, 0.25) is 0 Å². The molecule has 3 aromatic carbocycles. The summed E-state index contributed by atoms with van der Waals surface area (Å²) in [7, 11) is -4.56. The number of aromatic nitrogens is 2. The van der Waals surface area contributed by atoms with Crippen LogP contribution in [0.25, 0.3) is 11.0 Å². The lowest BCUT2D eigenvalue weighted by Crippen LogP contribution is -2.49. The van der Waals surface area contributed by atoms with E-state index in [9.17, 15) is 28.4 Å². The van der Waals surface area contributed by atoms with E-state index in [-0.39, 0.29) is 22.9 Å². The SMILES string of the molecule is CC(C)c1ccccc1[C@H]1CCCC1C1CC2(CCN(c3ccc(C(=O)NS(=O)(=O)c4ccc(NC[C@H]5CC[C@](C)(O)CC5)c([N+](=O)[O-])c4)c(Oc4cnc5[nH]ccc5c4)c3)CC2)C1. The van der Waals surface area contributed by atoms with E-state index in [1.54, 1.807) is 36.2 Å². The number of nitro groups is 1. The second kappa shape index (κ2) is 17.5. The van der Waals surface area contributed by atoms with Crippen molar-refractivity contribution in [1.29, 1.82) is 0 Å². The molecule has 5 aromatic rings. The maximum absolute atomic E-state index is 14.0. The van der Waals surface area contributed by atoms with Gasteiger partial charge in [0.15, 0.2) is 0 Å². The number of carbonyl (C=O) groups is 1. The molecule has 3 saturated carbocycles. The molecule has 1 aliphatic heterocycles. The lowest BCUT2D eigenvalue weighted by molar-refractivity contribution is -0.384. The van der Waals surface area contributed by atoms with Gasteiger partial charge in [-0.1, -0.05) is 44.5 Å². The molecule has 4 aliphatic rings. The molecule has 14 heteroatoms. The maximum Gasteiger partial charge on any atom is 0.293 e. The molecule has 3 heterocycles. The largest absolute Gasteiger partial charge is 0.455 e. The number of hydrogen-bond acceptors (Lipinski definition) is 10. The Morgan fingerprint density at radius 1 is 1.00 bits per heavy atom. The Bertz CT molecular complexity index is 2640. The molecule has 13 nitrogen and oxygen atoms in total. The van der Waals surface area contributed by atoms with E-state index in [1.807, 2.05) is 19.1 Å². The molecule has 64 heavy (non-hydrogen) atoms. The number of nitro benzene ring substituents is 1. The summed E-state index contributed by atoms with van der Waals surface area (Å²) in [5.74, 6) is 2.48. The highest BCUT2D eigenvalue weighted by molar-refractivity contribution is 7.90. The van der Waals surface area contributed by atoms with Gasteiger partial charge < -0.3 is 25.0 Å². The van der Waals surface area contributed by atoms with Crippen LogP contribution >= 0.6 is 0 Å². The van der Waals surface area contributed by atoms with Crippen molar-refractivity contribution >= 4 is 44.0 Å². The average molecular weight is 889 g/mol. The topological polar surface area (TPSA) is 180 Å². The van der Waals surface area contributed by atoms with Crippen LogP contribution in [-0.2, 0) is 10.0 Å². The Morgan fingerprint density at radius 2 is 1.77 bits per heavy atom. The third kappa shape index (κ3) is 9.08. The molecule has 0 bridgehead atoms. The van der Waals surface area contributed by atoms with Gasteiger partial charge in [-0.25, -0.2) is 18.1 Å². The summed E-state index contributed by atoms with van der Waals surface area (Å²) in [6.45, 7) is 8.59. The predicted octanol–water partition coefficient (Wildman–Crippen LogP) is 10.4. The van der Waals surface area contributed by atoms with E-state index in [2.05, 4.69) is 63.0 Å². The number of benzene rings is 3. The molecule has 338 valence electrons. The number of ether oxygens (including phenoxy) is 1. The van der Waals surface area contributed by atoms with Crippen LogP contribution in [0.1, 0.15) is 125 Å². The van der Waals surface area contributed by atoms with Crippen molar-refractivity contribution < 1.29 is 28.0 Å². The van der Waals surface area contributed by atoms with Gasteiger partial charge in [-0.2, -0.15) is 0 Å². The number of aliphatic hydroxyl groups is 1. The van der Waals surface area contributed by atoms with Crippen molar-refractivity contribution in [3.63, 3.8) is 0 Å². The van der Waals surface area contributed by atoms with Crippen molar-refractivity contribution in [2.45, 2.75) is 114 Å². The Balaban J connectivity index is 0.895. The Kier molecular flexibility index (Phi) is 12.0. The van der Waals surface area contributed by atoms with Crippen molar-refractivity contribution in [3.05, 3.63) is 112 Å². The van der Waals surface area contributed by atoms with E-state index in [1.165, 1.54) is 49.8 Å². The number of fused-ring (bicyclic) bond motifs is 1. The van der Waals surface area contributed by atoms with Gasteiger partial charge in [0.25, 0.3) is 21.6 Å². The molecular weight excluding hydrogens is 829 g/mol. The number of amides is 1. The van der Waals surface area contributed by atoms with Gasteiger partial charge in [-0.05, 0) is 154 Å². The monoisotopic (exact) mass is 888 g/mol. The van der Waals surface area contributed by atoms with Gasteiger partial charge >= 0.3 is 0 Å². The molecule has 2 aromatic heterocycles. The summed E-state index contributed by atoms with van der Waals surface area (Å²) in [4.78, 5) is 34.9. The summed E-state index contributed by atoms with van der Waals surface area (Å²) in [5, 5.41) is 26.4. The Morgan fingerprint density at radius 3 is 2.52 bits per heavy atom. The molecular formula is C50H60N6O7S. The molecule has 1 spiro atoms. The van der Waals surface area contributed by atoms with Gasteiger partial charge in [-0.15, -0.1) is 0 Å². The van der Waals surface area contributed by atoms with Crippen molar-refractivity contribution in [2.75, 3.05) is 29.9 Å². The lowest BCUT2D eigenvalue weighted by Gasteiger charge is -2.55. The highest BCUT2D eigenvalue weighted by Crippen LogP contribution is 2.60. The molecule has 4 N–H and O–H groups in total. The van der Waals surface area contributed by atoms with E-state index in [0.717, 1.165) is 67.7 Å². The number of H-pyrrole nitrogens is 1. The molecule has 1 unspecified atom stereocenters. The average Bonchev–Trinajstić information content (AvgIpc) is 3.95. The number of aromatic amines is 1. The number of anilines is 2.